The van der Waals surface area contributed by atoms with Gasteiger partial charge in [-0.1, -0.05) is 50.2 Å². The van der Waals surface area contributed by atoms with Crippen LogP contribution in [-0.2, 0) is 0 Å². The molecule has 1 aliphatic rings. The molecule has 174 valence electrons. The molecule has 0 bridgehead atoms. The first-order valence-electron chi connectivity index (χ1n) is 11.8. The molecule has 5 rings (SSSR count). The van der Waals surface area contributed by atoms with Gasteiger partial charge in [-0.2, -0.15) is 0 Å². The second-order valence-electron chi connectivity index (χ2n) is 9.20. The summed E-state index contributed by atoms with van der Waals surface area (Å²) in [6, 6.07) is 21.9. The van der Waals surface area contributed by atoms with Gasteiger partial charge >= 0.3 is 0 Å². The molecular weight excluding hydrogens is 424 g/mol. The van der Waals surface area contributed by atoms with E-state index < -0.39 is 0 Å². The normalized spacial score (nSPS) is 15.3. The van der Waals surface area contributed by atoms with Crippen molar-refractivity contribution in [1.82, 2.24) is 9.88 Å². The number of methoxy groups -OCH3 is 2. The van der Waals surface area contributed by atoms with Gasteiger partial charge in [-0.15, -0.1) is 0 Å². The van der Waals surface area contributed by atoms with E-state index in [1.807, 2.05) is 53.4 Å². The molecule has 1 aromatic heterocycles. The Hall–Kier alpha value is -3.73. The number of nitrogens with one attached hydrogen (secondary N) is 1. The molecule has 2 heterocycles. The first kappa shape index (κ1) is 22.1. The molecule has 1 atom stereocenters. The lowest BCUT2D eigenvalue weighted by Gasteiger charge is -2.27. The smallest absolute Gasteiger partial charge is 0.255 e. The van der Waals surface area contributed by atoms with E-state index >= 15 is 0 Å². The van der Waals surface area contributed by atoms with Crippen LogP contribution in [-0.4, -0.2) is 36.6 Å². The summed E-state index contributed by atoms with van der Waals surface area (Å²) in [6.07, 6.45) is 0.941. The number of carbonyl (C=O) groups excluding carboxylic acids is 1. The minimum Gasteiger partial charge on any atom is -0.497 e. The van der Waals surface area contributed by atoms with E-state index in [0.29, 0.717) is 12.5 Å². The number of hydrogen-bond acceptors (Lipinski definition) is 3. The Kier molecular flexibility index (Phi) is 5.78. The molecular formula is C29H30N2O3. The zero-order valence-electron chi connectivity index (χ0n) is 20.1. The number of para-hydroxylation sites is 1. The fourth-order valence-corrected chi connectivity index (χ4v) is 4.98. The quantitative estimate of drug-likeness (QED) is 0.349. The average Bonchev–Trinajstić information content (AvgIpc) is 3.37. The highest BCUT2D eigenvalue weighted by atomic mass is 16.5. The molecule has 34 heavy (non-hydrogen) atoms. The Bertz CT molecular complexity index is 1350. The first-order chi connectivity index (χ1) is 16.5. The van der Waals surface area contributed by atoms with Crippen molar-refractivity contribution in [2.75, 3.05) is 20.8 Å². The standard InChI is InChI=1S/C29H30N2O3/c1-18(2)15-16-31-28(20-9-5-6-10-21(20)29(31)32)26-22-11-7-8-12-24(22)30-27(26)23-17-19(33-3)13-14-25(23)34-4/h5-14,17-18,28,30H,15-16H2,1-4H3/t28-/m1/s1. The topological polar surface area (TPSA) is 54.6 Å². The molecule has 0 spiro atoms. The van der Waals surface area contributed by atoms with Crippen LogP contribution in [0.3, 0.4) is 0 Å². The lowest BCUT2D eigenvalue weighted by molar-refractivity contribution is 0.0743. The number of ether oxygens (including phenoxy) is 2. The number of rotatable bonds is 7. The van der Waals surface area contributed by atoms with Gasteiger partial charge in [0.25, 0.3) is 5.91 Å². The van der Waals surface area contributed by atoms with Crippen molar-refractivity contribution in [2.45, 2.75) is 26.3 Å². The lowest BCUT2D eigenvalue weighted by Crippen LogP contribution is -2.30. The maximum Gasteiger partial charge on any atom is 0.255 e. The third-order valence-electron chi connectivity index (χ3n) is 6.70. The summed E-state index contributed by atoms with van der Waals surface area (Å²) in [5.74, 6) is 2.09. The van der Waals surface area contributed by atoms with E-state index in [1.165, 1.54) is 0 Å². The molecule has 4 aromatic rings. The molecule has 0 fully saturated rings. The maximum atomic E-state index is 13.6. The van der Waals surface area contributed by atoms with Gasteiger partial charge in [-0.3, -0.25) is 4.79 Å². The maximum absolute atomic E-state index is 13.6. The van der Waals surface area contributed by atoms with Crippen molar-refractivity contribution in [1.29, 1.82) is 0 Å². The number of fused-ring (bicyclic) bond motifs is 2. The number of carbonyl (C=O) groups is 1. The third-order valence-corrected chi connectivity index (χ3v) is 6.70. The van der Waals surface area contributed by atoms with Crippen LogP contribution in [0.2, 0.25) is 0 Å². The number of benzene rings is 3. The monoisotopic (exact) mass is 454 g/mol. The predicted octanol–water partition coefficient (Wildman–Crippen LogP) is 6.44. The summed E-state index contributed by atoms with van der Waals surface area (Å²) >= 11 is 0. The number of amides is 1. The van der Waals surface area contributed by atoms with Crippen molar-refractivity contribution in [3.63, 3.8) is 0 Å². The summed E-state index contributed by atoms with van der Waals surface area (Å²) in [6.45, 7) is 5.09. The first-order valence-corrected chi connectivity index (χ1v) is 11.8. The van der Waals surface area contributed by atoms with E-state index in [2.05, 4.69) is 37.0 Å². The second kappa shape index (κ2) is 8.90. The highest BCUT2D eigenvalue weighted by molar-refractivity contribution is 6.02. The van der Waals surface area contributed by atoms with Gasteiger partial charge in [-0.25, -0.2) is 0 Å². The molecule has 1 N–H and O–H groups in total. The van der Waals surface area contributed by atoms with Crippen molar-refractivity contribution in [3.8, 4) is 22.8 Å². The molecule has 0 unspecified atom stereocenters. The molecule has 1 amide bonds. The van der Waals surface area contributed by atoms with E-state index in [9.17, 15) is 4.79 Å². The molecule has 0 radical (unpaired) electrons. The minimum absolute atomic E-state index is 0.0927. The fourth-order valence-electron chi connectivity index (χ4n) is 4.98. The van der Waals surface area contributed by atoms with Gasteiger partial charge in [0.15, 0.2) is 0 Å². The minimum atomic E-state index is -0.190. The van der Waals surface area contributed by atoms with Crippen molar-refractivity contribution >= 4 is 16.8 Å². The van der Waals surface area contributed by atoms with Gasteiger partial charge in [0.2, 0.25) is 0 Å². The van der Waals surface area contributed by atoms with Crippen LogP contribution < -0.4 is 9.47 Å². The number of nitrogens with zero attached hydrogens (tertiary/aromatic N) is 1. The van der Waals surface area contributed by atoms with E-state index in [-0.39, 0.29) is 11.9 Å². The third kappa shape index (κ3) is 3.61. The van der Waals surface area contributed by atoms with Crippen molar-refractivity contribution in [3.05, 3.63) is 83.4 Å². The number of aromatic amines is 1. The number of aromatic nitrogens is 1. The van der Waals surface area contributed by atoms with Crippen LogP contribution in [0.15, 0.2) is 66.7 Å². The molecule has 0 saturated heterocycles. The molecule has 0 aliphatic carbocycles. The van der Waals surface area contributed by atoms with Gasteiger partial charge in [0.05, 0.1) is 26.0 Å². The predicted molar refractivity (Wildman–Crippen MR) is 136 cm³/mol. The zero-order valence-corrected chi connectivity index (χ0v) is 20.1. The van der Waals surface area contributed by atoms with Crippen LogP contribution in [0.4, 0.5) is 0 Å². The summed E-state index contributed by atoms with van der Waals surface area (Å²) in [5, 5.41) is 1.10. The molecule has 3 aromatic carbocycles. The summed E-state index contributed by atoms with van der Waals surface area (Å²) in [4.78, 5) is 19.3. The van der Waals surface area contributed by atoms with Gasteiger partial charge in [0.1, 0.15) is 11.5 Å². The van der Waals surface area contributed by atoms with Crippen LogP contribution in [0, 0.1) is 5.92 Å². The number of H-pyrrole nitrogens is 1. The van der Waals surface area contributed by atoms with E-state index in [0.717, 1.165) is 56.8 Å². The van der Waals surface area contributed by atoms with Gasteiger partial charge in [-0.05, 0) is 48.2 Å². The SMILES string of the molecule is COc1ccc(OC)c(-c2[nH]c3ccccc3c2[C@H]2c3ccccc3C(=O)N2CCC(C)C)c1. The summed E-state index contributed by atoms with van der Waals surface area (Å²) in [5.41, 5.74) is 5.80. The van der Waals surface area contributed by atoms with Crippen LogP contribution >= 0.6 is 0 Å². The van der Waals surface area contributed by atoms with Crippen LogP contribution in [0.5, 0.6) is 11.5 Å². The highest BCUT2D eigenvalue weighted by Gasteiger charge is 2.40. The molecule has 0 saturated carbocycles. The Balaban J connectivity index is 1.79. The molecule has 1 aliphatic heterocycles. The van der Waals surface area contributed by atoms with E-state index in [4.69, 9.17) is 9.47 Å². The van der Waals surface area contributed by atoms with Crippen LogP contribution in [0.1, 0.15) is 47.8 Å². The zero-order chi connectivity index (χ0) is 23.8. The fraction of sp³-hybridized carbons (Fsp3) is 0.276. The van der Waals surface area contributed by atoms with Crippen LogP contribution in [0.25, 0.3) is 22.2 Å². The lowest BCUT2D eigenvalue weighted by atomic mass is 9.92. The van der Waals surface area contributed by atoms with E-state index in [1.54, 1.807) is 14.2 Å². The Morgan fingerprint density at radius 3 is 2.47 bits per heavy atom. The molecule has 5 nitrogen and oxygen atoms in total. The van der Waals surface area contributed by atoms with Crippen molar-refractivity contribution in [2.24, 2.45) is 5.92 Å². The largest absolute Gasteiger partial charge is 0.497 e. The second-order valence-corrected chi connectivity index (χ2v) is 9.20. The summed E-state index contributed by atoms with van der Waals surface area (Å²) < 4.78 is 11.3. The Labute approximate surface area is 200 Å². The van der Waals surface area contributed by atoms with Crippen molar-refractivity contribution < 1.29 is 14.3 Å². The van der Waals surface area contributed by atoms with Gasteiger partial charge < -0.3 is 19.4 Å². The number of hydrogen-bond donors (Lipinski definition) is 1. The Morgan fingerprint density at radius 1 is 0.941 bits per heavy atom. The Morgan fingerprint density at radius 2 is 1.71 bits per heavy atom. The summed E-state index contributed by atoms with van der Waals surface area (Å²) in [7, 11) is 3.34. The van der Waals surface area contributed by atoms with Gasteiger partial charge in [0, 0.05) is 34.1 Å². The highest BCUT2D eigenvalue weighted by Crippen LogP contribution is 2.47. The molecule has 5 heteroatoms. The average molecular weight is 455 g/mol.